The van der Waals surface area contributed by atoms with Crippen LogP contribution in [0.4, 0.5) is 0 Å². The van der Waals surface area contributed by atoms with E-state index in [2.05, 4.69) is 50.0 Å². The molecule has 0 unspecified atom stereocenters. The average molecular weight is 246 g/mol. The predicted octanol–water partition coefficient (Wildman–Crippen LogP) is 3.53. The van der Waals surface area contributed by atoms with Gasteiger partial charge in [0.2, 0.25) is 0 Å². The number of allylic oxidation sites excluding steroid dienone is 1. The number of ketones is 1. The van der Waals surface area contributed by atoms with Gasteiger partial charge in [0.15, 0.2) is 0 Å². The minimum Gasteiger partial charge on any atom is -0.300 e. The molecule has 0 aliphatic heterocycles. The van der Waals surface area contributed by atoms with E-state index in [9.17, 15) is 4.79 Å². The molecule has 0 aliphatic carbocycles. The third-order valence-corrected chi connectivity index (χ3v) is 6.36. The van der Waals surface area contributed by atoms with E-state index in [1.54, 1.807) is 6.92 Å². The van der Waals surface area contributed by atoms with Gasteiger partial charge in [0.25, 0.3) is 0 Å². The topological polar surface area (TPSA) is 17.1 Å². The molecule has 17 heavy (non-hydrogen) atoms. The molecule has 0 radical (unpaired) electrons. The van der Waals surface area contributed by atoms with E-state index in [0.29, 0.717) is 6.42 Å². The lowest BCUT2D eigenvalue weighted by atomic mass is 10.1. The zero-order valence-corrected chi connectivity index (χ0v) is 12.1. The molecule has 0 heterocycles. The zero-order valence-electron chi connectivity index (χ0n) is 11.1. The molecule has 0 saturated heterocycles. The minimum atomic E-state index is -1.43. The molecule has 0 aliphatic rings. The summed E-state index contributed by atoms with van der Waals surface area (Å²) in [5.41, 5.74) is 1.22. The Labute approximate surface area is 106 Å². The van der Waals surface area contributed by atoms with Gasteiger partial charge >= 0.3 is 0 Å². The molecule has 0 fully saturated rings. The molecule has 0 bridgehead atoms. The fraction of sp³-hybridized carbons (Fsp3) is 0.400. The van der Waals surface area contributed by atoms with Crippen LogP contribution in [0.2, 0.25) is 19.1 Å². The van der Waals surface area contributed by atoms with Crippen LogP contribution in [-0.4, -0.2) is 13.9 Å². The summed E-state index contributed by atoms with van der Waals surface area (Å²) in [5.74, 6) is 0.255. The van der Waals surface area contributed by atoms with Gasteiger partial charge in [-0.05, 0) is 19.4 Å². The number of Topliss-reactive ketones (excluding diaryl/α,β-unsaturated/α-hetero) is 1. The lowest BCUT2D eigenvalue weighted by Gasteiger charge is -2.24. The van der Waals surface area contributed by atoms with E-state index in [1.165, 1.54) is 10.8 Å². The van der Waals surface area contributed by atoms with Gasteiger partial charge in [0.05, 0.1) is 8.07 Å². The van der Waals surface area contributed by atoms with E-state index in [-0.39, 0.29) is 5.78 Å². The summed E-state index contributed by atoms with van der Waals surface area (Å²) in [4.78, 5) is 11.0. The molecule has 0 amide bonds. The summed E-state index contributed by atoms with van der Waals surface area (Å²) in [6, 6.07) is 11.8. The molecule has 2 heteroatoms. The second-order valence-corrected chi connectivity index (χ2v) is 10.1. The van der Waals surface area contributed by atoms with Gasteiger partial charge in [-0.25, -0.2) is 0 Å². The molecule has 1 rings (SSSR count). The van der Waals surface area contributed by atoms with Crippen LogP contribution in [0.5, 0.6) is 0 Å². The van der Waals surface area contributed by atoms with Crippen LogP contribution in [0.3, 0.4) is 0 Å². The zero-order chi connectivity index (χ0) is 12.9. The van der Waals surface area contributed by atoms with Gasteiger partial charge in [-0.1, -0.05) is 54.2 Å². The molecule has 0 aromatic heterocycles. The van der Waals surface area contributed by atoms with Crippen molar-refractivity contribution in [2.75, 3.05) is 0 Å². The Morgan fingerprint density at radius 3 is 2.29 bits per heavy atom. The van der Waals surface area contributed by atoms with Gasteiger partial charge < -0.3 is 4.79 Å². The van der Waals surface area contributed by atoms with E-state index in [4.69, 9.17) is 0 Å². The van der Waals surface area contributed by atoms with Crippen LogP contribution < -0.4 is 5.19 Å². The van der Waals surface area contributed by atoms with Gasteiger partial charge in [0.1, 0.15) is 5.78 Å². The number of rotatable bonds is 6. The van der Waals surface area contributed by atoms with Crippen molar-refractivity contribution in [2.45, 2.75) is 38.9 Å². The summed E-state index contributed by atoms with van der Waals surface area (Å²) in [5, 5.41) is 1.46. The third-order valence-electron chi connectivity index (χ3n) is 3.08. The Hall–Kier alpha value is -1.15. The highest BCUT2D eigenvalue weighted by Gasteiger charge is 2.23. The van der Waals surface area contributed by atoms with Gasteiger partial charge in [-0.2, -0.15) is 0 Å². The standard InChI is InChI=1S/C15H22OSi/c1-13(10-11-14(2)16)12-17(3,4)15-8-6-5-7-9-15/h5-9H,1,10-12H2,2-4H3. The van der Waals surface area contributed by atoms with Crippen LogP contribution in [0.15, 0.2) is 42.5 Å². The summed E-state index contributed by atoms with van der Waals surface area (Å²) in [6.07, 6.45) is 1.48. The van der Waals surface area contributed by atoms with Crippen LogP contribution in [0.1, 0.15) is 19.8 Å². The highest BCUT2D eigenvalue weighted by molar-refractivity contribution is 6.90. The monoisotopic (exact) mass is 246 g/mol. The molecule has 92 valence electrons. The summed E-state index contributed by atoms with van der Waals surface area (Å²) in [7, 11) is -1.43. The first-order valence-electron chi connectivity index (χ1n) is 6.13. The fourth-order valence-electron chi connectivity index (χ4n) is 2.06. The quantitative estimate of drug-likeness (QED) is 0.554. The molecule has 1 aromatic carbocycles. The highest BCUT2D eigenvalue weighted by Crippen LogP contribution is 2.19. The second-order valence-electron chi connectivity index (χ2n) is 5.38. The normalized spacial score (nSPS) is 11.2. The number of benzene rings is 1. The SMILES string of the molecule is C=C(CCC(C)=O)C[Si](C)(C)c1ccccc1. The molecule has 0 saturated carbocycles. The smallest absolute Gasteiger partial charge is 0.130 e. The Morgan fingerprint density at radius 1 is 1.18 bits per heavy atom. The van der Waals surface area contributed by atoms with E-state index in [1.807, 2.05) is 0 Å². The first-order chi connectivity index (χ1) is 7.92. The van der Waals surface area contributed by atoms with Crippen molar-refractivity contribution in [3.05, 3.63) is 42.5 Å². The number of carbonyl (C=O) groups excluding carboxylic acids is 1. The van der Waals surface area contributed by atoms with E-state index in [0.717, 1.165) is 12.5 Å². The van der Waals surface area contributed by atoms with Gasteiger partial charge in [-0.3, -0.25) is 0 Å². The van der Waals surface area contributed by atoms with E-state index >= 15 is 0 Å². The molecular weight excluding hydrogens is 224 g/mol. The Morgan fingerprint density at radius 2 is 1.76 bits per heavy atom. The maximum Gasteiger partial charge on any atom is 0.130 e. The maximum atomic E-state index is 11.0. The van der Waals surface area contributed by atoms with Crippen molar-refractivity contribution >= 4 is 19.0 Å². The maximum absolute atomic E-state index is 11.0. The van der Waals surface area contributed by atoms with Crippen LogP contribution in [0, 0.1) is 0 Å². The van der Waals surface area contributed by atoms with Crippen molar-refractivity contribution in [3.8, 4) is 0 Å². The average Bonchev–Trinajstić information content (AvgIpc) is 2.27. The molecule has 0 spiro atoms. The second kappa shape index (κ2) is 5.96. The lowest BCUT2D eigenvalue weighted by molar-refractivity contribution is -0.116. The van der Waals surface area contributed by atoms with Crippen molar-refractivity contribution in [3.63, 3.8) is 0 Å². The highest BCUT2D eigenvalue weighted by atomic mass is 28.3. The van der Waals surface area contributed by atoms with Gasteiger partial charge in [0, 0.05) is 6.42 Å². The number of hydrogen-bond acceptors (Lipinski definition) is 1. The minimum absolute atomic E-state index is 0.255. The molecule has 1 nitrogen and oxygen atoms in total. The predicted molar refractivity (Wildman–Crippen MR) is 77.4 cm³/mol. The first-order valence-corrected chi connectivity index (χ1v) is 9.34. The molecule has 0 N–H and O–H groups in total. The van der Waals surface area contributed by atoms with Crippen molar-refractivity contribution in [1.82, 2.24) is 0 Å². The van der Waals surface area contributed by atoms with Crippen molar-refractivity contribution in [2.24, 2.45) is 0 Å². The van der Waals surface area contributed by atoms with Crippen LogP contribution in [-0.2, 0) is 4.79 Å². The number of hydrogen-bond donors (Lipinski definition) is 0. The summed E-state index contributed by atoms with van der Waals surface area (Å²) >= 11 is 0. The Bertz CT molecular complexity index is 393. The number of carbonyl (C=O) groups is 1. The third kappa shape index (κ3) is 4.69. The molecule has 0 atom stereocenters. The summed E-state index contributed by atoms with van der Waals surface area (Å²) in [6.45, 7) is 10.5. The van der Waals surface area contributed by atoms with E-state index < -0.39 is 8.07 Å². The first kappa shape index (κ1) is 13.9. The summed E-state index contributed by atoms with van der Waals surface area (Å²) < 4.78 is 0. The van der Waals surface area contributed by atoms with Gasteiger partial charge in [-0.15, -0.1) is 6.58 Å². The van der Waals surface area contributed by atoms with Crippen molar-refractivity contribution in [1.29, 1.82) is 0 Å². The largest absolute Gasteiger partial charge is 0.300 e. The van der Waals surface area contributed by atoms with Crippen LogP contribution >= 0.6 is 0 Å². The molecular formula is C15H22OSi. The fourth-order valence-corrected chi connectivity index (χ4v) is 4.78. The molecule has 1 aromatic rings. The lowest BCUT2D eigenvalue weighted by Crippen LogP contribution is -2.41. The van der Waals surface area contributed by atoms with Crippen LogP contribution in [0.25, 0.3) is 0 Å². The Kier molecular flexibility index (Phi) is 4.88. The van der Waals surface area contributed by atoms with Crippen molar-refractivity contribution < 1.29 is 4.79 Å². The Balaban J connectivity index is 2.61.